The second kappa shape index (κ2) is 10.6. The summed E-state index contributed by atoms with van der Waals surface area (Å²) in [5.74, 6) is 0.437. The van der Waals surface area contributed by atoms with Crippen LogP contribution in [0.1, 0.15) is 15.9 Å². The Balaban J connectivity index is 1.62. The van der Waals surface area contributed by atoms with E-state index in [-0.39, 0.29) is 23.8 Å². The molecule has 0 saturated carbocycles. The third-order valence-electron chi connectivity index (χ3n) is 4.67. The third kappa shape index (κ3) is 6.78. The Morgan fingerprint density at radius 3 is 2.36 bits per heavy atom. The van der Waals surface area contributed by atoms with E-state index < -0.39 is 14.9 Å². The average Bonchev–Trinajstić information content (AvgIpc) is 2.80. The molecule has 0 aliphatic carbocycles. The van der Waals surface area contributed by atoms with Crippen LogP contribution in [0.3, 0.4) is 0 Å². The molecule has 3 aromatic carbocycles. The molecule has 3 rings (SSSR count). The van der Waals surface area contributed by atoms with Crippen LogP contribution in [-0.2, 0) is 16.6 Å². The van der Waals surface area contributed by atoms with E-state index in [9.17, 15) is 23.3 Å². The van der Waals surface area contributed by atoms with Crippen molar-refractivity contribution in [1.29, 1.82) is 0 Å². The Morgan fingerprint density at radius 1 is 1.03 bits per heavy atom. The van der Waals surface area contributed by atoms with Crippen molar-refractivity contribution in [3.8, 4) is 5.75 Å². The van der Waals surface area contributed by atoms with Crippen molar-refractivity contribution >= 4 is 27.3 Å². The zero-order valence-corrected chi connectivity index (χ0v) is 18.7. The minimum absolute atomic E-state index is 0.0349. The smallest absolute Gasteiger partial charge is 0.271 e. The van der Waals surface area contributed by atoms with Crippen molar-refractivity contribution in [1.82, 2.24) is 5.32 Å². The first kappa shape index (κ1) is 23.7. The first-order valence-corrected chi connectivity index (χ1v) is 11.9. The molecule has 0 fully saturated rings. The summed E-state index contributed by atoms with van der Waals surface area (Å²) < 4.78 is 31.3. The van der Waals surface area contributed by atoms with Gasteiger partial charge in [-0.1, -0.05) is 36.4 Å². The first-order valence-electron chi connectivity index (χ1n) is 10.0. The fraction of sp³-hybridized carbons (Fsp3) is 0.174. The number of nitro groups is 1. The lowest BCUT2D eigenvalue weighted by Gasteiger charge is -2.22. The highest BCUT2D eigenvalue weighted by molar-refractivity contribution is 7.92. The summed E-state index contributed by atoms with van der Waals surface area (Å²) in [6.45, 7) is 0.608. The Morgan fingerprint density at radius 2 is 1.73 bits per heavy atom. The summed E-state index contributed by atoms with van der Waals surface area (Å²) in [7, 11) is -3.71. The summed E-state index contributed by atoms with van der Waals surface area (Å²) in [5.41, 5.74) is 1.02. The highest BCUT2D eigenvalue weighted by Gasteiger charge is 2.20. The van der Waals surface area contributed by atoms with Crippen LogP contribution in [0.15, 0.2) is 78.9 Å². The van der Waals surface area contributed by atoms with Crippen molar-refractivity contribution in [3.63, 3.8) is 0 Å². The molecule has 0 atom stereocenters. The largest absolute Gasteiger partial charge is 0.492 e. The molecule has 172 valence electrons. The van der Waals surface area contributed by atoms with Crippen LogP contribution in [0, 0.1) is 10.1 Å². The molecule has 10 heteroatoms. The maximum absolute atomic E-state index is 12.3. The van der Waals surface area contributed by atoms with Gasteiger partial charge in [0.1, 0.15) is 12.4 Å². The number of nitrogens with one attached hydrogen (secondary N) is 1. The maximum Gasteiger partial charge on any atom is 0.271 e. The van der Waals surface area contributed by atoms with E-state index in [1.165, 1.54) is 24.3 Å². The molecule has 3 aromatic rings. The molecular weight excluding hydrogens is 446 g/mol. The van der Waals surface area contributed by atoms with E-state index in [0.29, 0.717) is 24.3 Å². The van der Waals surface area contributed by atoms with Crippen molar-refractivity contribution in [2.75, 3.05) is 23.7 Å². The van der Waals surface area contributed by atoms with Crippen LogP contribution in [-0.4, -0.2) is 38.7 Å². The quantitative estimate of drug-likeness (QED) is 0.276. The van der Waals surface area contributed by atoms with E-state index >= 15 is 0 Å². The average molecular weight is 470 g/mol. The zero-order valence-electron chi connectivity index (χ0n) is 17.9. The van der Waals surface area contributed by atoms with Gasteiger partial charge in [0.25, 0.3) is 11.6 Å². The summed E-state index contributed by atoms with van der Waals surface area (Å²) >= 11 is 0. The van der Waals surface area contributed by atoms with Gasteiger partial charge in [-0.05, 0) is 35.9 Å². The van der Waals surface area contributed by atoms with Crippen molar-refractivity contribution < 1.29 is 22.9 Å². The standard InChI is InChI=1S/C23H23N3O6S/c1-33(30,31)25(20-6-5-7-21(16-20)26(28)29)17-18-10-12-19(13-11-18)23(27)24-14-15-32-22-8-3-2-4-9-22/h2-13,16H,14-15,17H2,1H3,(H,24,27). The molecule has 0 heterocycles. The van der Waals surface area contributed by atoms with Gasteiger partial charge in [-0.15, -0.1) is 0 Å². The van der Waals surface area contributed by atoms with Gasteiger partial charge in [-0.2, -0.15) is 0 Å². The van der Waals surface area contributed by atoms with Crippen molar-refractivity contribution in [3.05, 3.63) is 100 Å². The van der Waals surface area contributed by atoms with Gasteiger partial charge in [0, 0.05) is 17.7 Å². The minimum Gasteiger partial charge on any atom is -0.492 e. The van der Waals surface area contributed by atoms with Gasteiger partial charge in [0.2, 0.25) is 10.0 Å². The second-order valence-electron chi connectivity index (χ2n) is 7.16. The molecular formula is C23H23N3O6S. The molecule has 1 N–H and O–H groups in total. The Labute approximate surface area is 191 Å². The number of carbonyl (C=O) groups excluding carboxylic acids is 1. The molecule has 0 bridgehead atoms. The van der Waals surface area contributed by atoms with Crippen molar-refractivity contribution in [2.45, 2.75) is 6.54 Å². The number of para-hydroxylation sites is 1. The van der Waals surface area contributed by atoms with Gasteiger partial charge >= 0.3 is 0 Å². The third-order valence-corrected chi connectivity index (χ3v) is 5.81. The number of benzene rings is 3. The molecule has 1 amide bonds. The zero-order chi connectivity index (χ0) is 23.8. The number of hydrogen-bond acceptors (Lipinski definition) is 6. The Kier molecular flexibility index (Phi) is 7.62. The Hall–Kier alpha value is -3.92. The van der Waals surface area contributed by atoms with Crippen molar-refractivity contribution in [2.24, 2.45) is 0 Å². The number of amides is 1. The normalized spacial score (nSPS) is 10.9. The van der Waals surface area contributed by atoms with Gasteiger partial charge in [0.15, 0.2) is 0 Å². The van der Waals surface area contributed by atoms with E-state index in [2.05, 4.69) is 5.32 Å². The number of nitro benzene ring substituents is 1. The van der Waals surface area contributed by atoms with Crippen LogP contribution in [0.2, 0.25) is 0 Å². The first-order chi connectivity index (χ1) is 15.7. The number of anilines is 1. The summed E-state index contributed by atoms with van der Waals surface area (Å²) in [4.78, 5) is 22.8. The van der Waals surface area contributed by atoms with E-state index in [4.69, 9.17) is 4.74 Å². The predicted octanol–water partition coefficient (Wildman–Crippen LogP) is 3.37. The molecule has 9 nitrogen and oxygen atoms in total. The molecule has 0 saturated heterocycles. The molecule has 0 aromatic heterocycles. The highest BCUT2D eigenvalue weighted by Crippen LogP contribution is 2.25. The fourth-order valence-electron chi connectivity index (χ4n) is 3.04. The number of nitrogens with zero attached hydrogens (tertiary/aromatic N) is 2. The lowest BCUT2D eigenvalue weighted by molar-refractivity contribution is -0.384. The molecule has 0 spiro atoms. The number of ether oxygens (including phenoxy) is 1. The molecule has 0 radical (unpaired) electrons. The van der Waals surface area contributed by atoms with Gasteiger partial charge < -0.3 is 10.1 Å². The molecule has 0 unspecified atom stereocenters. The van der Waals surface area contributed by atoms with Crippen LogP contribution in [0.4, 0.5) is 11.4 Å². The molecule has 33 heavy (non-hydrogen) atoms. The number of carbonyl (C=O) groups is 1. The SMILES string of the molecule is CS(=O)(=O)N(Cc1ccc(C(=O)NCCOc2ccccc2)cc1)c1cccc([N+](=O)[O-])c1. The summed E-state index contributed by atoms with van der Waals surface area (Å²) in [5, 5.41) is 13.8. The van der Waals surface area contributed by atoms with E-state index in [0.717, 1.165) is 16.3 Å². The predicted molar refractivity (Wildman–Crippen MR) is 125 cm³/mol. The molecule has 0 aliphatic rings. The van der Waals surface area contributed by atoms with E-state index in [1.807, 2.05) is 30.3 Å². The highest BCUT2D eigenvalue weighted by atomic mass is 32.2. The Bertz CT molecular complexity index is 1210. The monoisotopic (exact) mass is 469 g/mol. The lowest BCUT2D eigenvalue weighted by atomic mass is 10.1. The van der Waals surface area contributed by atoms with E-state index in [1.54, 1.807) is 24.3 Å². The van der Waals surface area contributed by atoms with Gasteiger partial charge in [0.05, 0.1) is 30.0 Å². The summed E-state index contributed by atoms with van der Waals surface area (Å²) in [6, 6.07) is 21.2. The maximum atomic E-state index is 12.3. The topological polar surface area (TPSA) is 119 Å². The number of non-ortho nitro benzene ring substituents is 1. The summed E-state index contributed by atoms with van der Waals surface area (Å²) in [6.07, 6.45) is 1.03. The number of rotatable bonds is 10. The number of hydrogen-bond donors (Lipinski definition) is 1. The van der Waals surface area contributed by atoms with Gasteiger partial charge in [-0.25, -0.2) is 8.42 Å². The second-order valence-corrected chi connectivity index (χ2v) is 9.07. The van der Waals surface area contributed by atoms with Crippen LogP contribution in [0.25, 0.3) is 0 Å². The lowest BCUT2D eigenvalue weighted by Crippen LogP contribution is -2.29. The van der Waals surface area contributed by atoms with Gasteiger partial charge in [-0.3, -0.25) is 19.2 Å². The molecule has 0 aliphatic heterocycles. The van der Waals surface area contributed by atoms with Crippen LogP contribution < -0.4 is 14.4 Å². The van der Waals surface area contributed by atoms with Crippen LogP contribution >= 0.6 is 0 Å². The minimum atomic E-state index is -3.71. The number of sulfonamides is 1. The fourth-order valence-corrected chi connectivity index (χ4v) is 3.92. The van der Waals surface area contributed by atoms with Crippen LogP contribution in [0.5, 0.6) is 5.75 Å².